The predicted molar refractivity (Wildman–Crippen MR) is 43.9 cm³/mol. The molecule has 0 aromatic heterocycles. The van der Waals surface area contributed by atoms with Gasteiger partial charge in [0.05, 0.1) is 0 Å². The molecule has 0 radical (unpaired) electrons. The van der Waals surface area contributed by atoms with Crippen molar-refractivity contribution in [3.05, 3.63) is 0 Å². The first-order chi connectivity index (χ1) is 4.52. The number of rotatable bonds is 4. The van der Waals surface area contributed by atoms with E-state index in [0.29, 0.717) is 0 Å². The van der Waals surface area contributed by atoms with E-state index in [-0.39, 0.29) is 0 Å². The Morgan fingerprint density at radius 1 is 1.00 bits per heavy atom. The zero-order valence-corrected chi connectivity index (χ0v) is 10.0. The van der Waals surface area contributed by atoms with Gasteiger partial charge in [0.15, 0.2) is 0 Å². The second kappa shape index (κ2) is 5.41. The molecule has 0 saturated heterocycles. The van der Waals surface area contributed by atoms with Gasteiger partial charge < -0.3 is 0 Å². The molecule has 0 atom stereocenters. The molecule has 0 aromatic carbocycles. The number of hydrogen-bond acceptors (Lipinski definition) is 0. The quantitative estimate of drug-likeness (QED) is 0.679. The Bertz CT molecular complexity index is 91.3. The molecule has 0 heterocycles. The monoisotopic (exact) mass is 216 g/mol. The van der Waals surface area contributed by atoms with E-state index >= 15 is 0 Å². The van der Waals surface area contributed by atoms with Gasteiger partial charge in [-0.3, -0.25) is 0 Å². The fourth-order valence-electron chi connectivity index (χ4n) is 1.07. The minimum atomic E-state index is 0.855. The summed E-state index contributed by atoms with van der Waals surface area (Å²) in [7, 11) is 0. The van der Waals surface area contributed by atoms with Crippen LogP contribution in [0.4, 0.5) is 0 Å². The van der Waals surface area contributed by atoms with Crippen LogP contribution in [0, 0.1) is 11.8 Å². The Hall–Kier alpha value is 0.753. The Balaban J connectivity index is 3.44. The molecule has 0 aromatic rings. The van der Waals surface area contributed by atoms with Gasteiger partial charge in [-0.1, -0.05) is 0 Å². The molecule has 0 aliphatic carbocycles. The first-order valence-electron chi connectivity index (χ1n) is 4.08. The third kappa shape index (κ3) is 6.87. The van der Waals surface area contributed by atoms with Crippen LogP contribution in [0.25, 0.3) is 0 Å². The summed E-state index contributed by atoms with van der Waals surface area (Å²) in [5, 5.41) is 0. The van der Waals surface area contributed by atoms with Crippen molar-refractivity contribution >= 4 is 3.21 Å². The molecule has 10 heavy (non-hydrogen) atoms. The van der Waals surface area contributed by atoms with E-state index in [1.165, 1.54) is 12.8 Å². The molecule has 1 heteroatoms. The van der Waals surface area contributed by atoms with Gasteiger partial charge in [-0.25, -0.2) is 0 Å². The van der Waals surface area contributed by atoms with E-state index in [9.17, 15) is 0 Å². The molecule has 0 amide bonds. The summed E-state index contributed by atoms with van der Waals surface area (Å²) in [6, 6.07) is 0. The second-order valence-corrected chi connectivity index (χ2v) is 5.54. The molecular weight excluding hydrogens is 199 g/mol. The summed E-state index contributed by atoms with van der Waals surface area (Å²) in [6.07, 6.45) is 2.69. The van der Waals surface area contributed by atoms with Gasteiger partial charge in [0.25, 0.3) is 0 Å². The molecule has 0 fully saturated rings. The topological polar surface area (TPSA) is 0 Å². The predicted octanol–water partition coefficient (Wildman–Crippen LogP) is 2.80. The first kappa shape index (κ1) is 10.8. The van der Waals surface area contributed by atoms with Crippen LogP contribution in [0.1, 0.15) is 40.5 Å². The third-order valence-electron chi connectivity index (χ3n) is 1.31. The SMILES string of the molecule is CC(C)C[C](=[Zr+2])CC(C)C. The molecule has 0 aliphatic heterocycles. The van der Waals surface area contributed by atoms with Gasteiger partial charge in [-0.05, 0) is 0 Å². The van der Waals surface area contributed by atoms with E-state index in [0.717, 1.165) is 11.8 Å². The summed E-state index contributed by atoms with van der Waals surface area (Å²) in [4.78, 5) is 0. The van der Waals surface area contributed by atoms with Crippen LogP contribution in [0.15, 0.2) is 0 Å². The molecule has 0 bridgehead atoms. The van der Waals surface area contributed by atoms with E-state index in [1.54, 1.807) is 27.4 Å². The van der Waals surface area contributed by atoms with Gasteiger partial charge in [0.1, 0.15) is 0 Å². The molecule has 0 N–H and O–H groups in total. The summed E-state index contributed by atoms with van der Waals surface area (Å²) in [5.41, 5.74) is 0. The molecule has 0 rings (SSSR count). The van der Waals surface area contributed by atoms with E-state index in [1.807, 2.05) is 0 Å². The fourth-order valence-corrected chi connectivity index (χ4v) is 3.08. The maximum atomic E-state index is 2.30. The Kier molecular flexibility index (Phi) is 5.82. The van der Waals surface area contributed by atoms with Crippen molar-refractivity contribution in [2.24, 2.45) is 11.8 Å². The normalized spacial score (nSPS) is 11.2. The standard InChI is InChI=1S/C9H18.Zr/c1-8(2)6-5-7-9(3)4;/h8-9H,6-7H2,1-4H3;/q;+2. The Morgan fingerprint density at radius 3 is 1.50 bits per heavy atom. The third-order valence-corrected chi connectivity index (χ3v) is 2.31. The second-order valence-electron chi connectivity index (χ2n) is 3.80. The van der Waals surface area contributed by atoms with Crippen molar-refractivity contribution in [1.82, 2.24) is 0 Å². The van der Waals surface area contributed by atoms with Crippen LogP contribution in [-0.2, 0) is 24.2 Å². The van der Waals surface area contributed by atoms with Crippen LogP contribution in [-0.4, -0.2) is 3.21 Å². The molecule has 0 spiro atoms. The van der Waals surface area contributed by atoms with Crippen molar-refractivity contribution in [2.75, 3.05) is 0 Å². The molecule has 56 valence electrons. The Morgan fingerprint density at radius 2 is 1.30 bits per heavy atom. The van der Waals surface area contributed by atoms with Gasteiger partial charge in [0.2, 0.25) is 0 Å². The molecule has 0 aliphatic rings. The van der Waals surface area contributed by atoms with Crippen molar-refractivity contribution in [1.29, 1.82) is 0 Å². The minimum absolute atomic E-state index is 0.855. The van der Waals surface area contributed by atoms with Gasteiger partial charge >= 0.3 is 79.8 Å². The maximum absolute atomic E-state index is 2.30. The van der Waals surface area contributed by atoms with Gasteiger partial charge in [-0.2, -0.15) is 0 Å². The molecular formula is C9H18Zr+2. The molecule has 0 unspecified atom stereocenters. The van der Waals surface area contributed by atoms with Crippen LogP contribution in [0.3, 0.4) is 0 Å². The number of hydrogen-bond donors (Lipinski definition) is 0. The fraction of sp³-hybridized carbons (Fsp3) is 0.889. The van der Waals surface area contributed by atoms with E-state index in [4.69, 9.17) is 0 Å². The van der Waals surface area contributed by atoms with Crippen LogP contribution in [0.2, 0.25) is 0 Å². The van der Waals surface area contributed by atoms with E-state index < -0.39 is 0 Å². The zero-order valence-electron chi connectivity index (χ0n) is 7.57. The van der Waals surface area contributed by atoms with Gasteiger partial charge in [-0.15, -0.1) is 0 Å². The van der Waals surface area contributed by atoms with Crippen molar-refractivity contribution in [2.45, 2.75) is 40.5 Å². The van der Waals surface area contributed by atoms with E-state index in [2.05, 4.69) is 27.7 Å². The molecule has 0 saturated carbocycles. The van der Waals surface area contributed by atoms with Crippen LogP contribution in [0.5, 0.6) is 0 Å². The summed E-state index contributed by atoms with van der Waals surface area (Å²) >= 11 is 1.65. The summed E-state index contributed by atoms with van der Waals surface area (Å²) < 4.78 is 1.75. The molecule has 0 nitrogen and oxygen atoms in total. The zero-order chi connectivity index (χ0) is 8.15. The summed E-state index contributed by atoms with van der Waals surface area (Å²) in [5.74, 6) is 1.71. The van der Waals surface area contributed by atoms with Crippen molar-refractivity contribution in [3.63, 3.8) is 0 Å². The van der Waals surface area contributed by atoms with Crippen LogP contribution < -0.4 is 0 Å². The van der Waals surface area contributed by atoms with Crippen LogP contribution >= 0.6 is 0 Å². The first-order valence-corrected chi connectivity index (χ1v) is 5.31. The van der Waals surface area contributed by atoms with Gasteiger partial charge in [0, 0.05) is 0 Å². The van der Waals surface area contributed by atoms with Crippen molar-refractivity contribution < 1.29 is 24.2 Å². The summed E-state index contributed by atoms with van der Waals surface area (Å²) in [6.45, 7) is 9.18. The average molecular weight is 217 g/mol. The Labute approximate surface area is 79.7 Å². The average Bonchev–Trinajstić information content (AvgIpc) is 1.58. The van der Waals surface area contributed by atoms with Crippen molar-refractivity contribution in [3.8, 4) is 0 Å².